The fraction of sp³-hybridized carbons (Fsp3) is 0.600. The van der Waals surface area contributed by atoms with Gasteiger partial charge < -0.3 is 0 Å². The van der Waals surface area contributed by atoms with Crippen LogP contribution in [0.3, 0.4) is 0 Å². The smallest absolute Gasteiger partial charge is 0.207 e. The molecule has 0 aliphatic carbocycles. The molecule has 1 aromatic rings. The Kier molecular flexibility index (Phi) is 6.18. The molecular weight excluding hydrogens is 421 g/mol. The number of benzene rings is 1. The molecule has 2 heterocycles. The largest absolute Gasteiger partial charge is 0.282 e. The van der Waals surface area contributed by atoms with Crippen LogP contribution in [0.15, 0.2) is 23.1 Å². The van der Waals surface area contributed by atoms with Crippen molar-refractivity contribution in [2.75, 3.05) is 39.3 Å². The summed E-state index contributed by atoms with van der Waals surface area (Å²) >= 11 is 11.9. The van der Waals surface area contributed by atoms with Crippen LogP contribution in [0.4, 0.5) is 0 Å². The van der Waals surface area contributed by atoms with E-state index in [2.05, 4.69) is 0 Å². The molecule has 0 unspecified atom stereocenters. The van der Waals surface area contributed by atoms with Crippen molar-refractivity contribution in [1.82, 2.24) is 12.9 Å². The lowest BCUT2D eigenvalue weighted by atomic mass is 10.2. The molecule has 11 heteroatoms. The number of piperazine rings is 1. The van der Waals surface area contributed by atoms with Crippen molar-refractivity contribution in [3.05, 3.63) is 28.2 Å². The summed E-state index contributed by atoms with van der Waals surface area (Å²) in [7, 11) is -7.36. The van der Waals surface area contributed by atoms with Gasteiger partial charge in [-0.3, -0.25) is 0 Å². The van der Waals surface area contributed by atoms with E-state index in [9.17, 15) is 16.8 Å². The Morgan fingerprint density at radius 1 is 0.731 bits per heavy atom. The van der Waals surface area contributed by atoms with Crippen molar-refractivity contribution in [1.29, 1.82) is 0 Å². The maximum absolute atomic E-state index is 12.8. The predicted molar refractivity (Wildman–Crippen MR) is 101 cm³/mol. The zero-order valence-corrected chi connectivity index (χ0v) is 17.3. The summed E-state index contributed by atoms with van der Waals surface area (Å²) in [6.07, 6.45) is 2.76. The quantitative estimate of drug-likeness (QED) is 0.715. The van der Waals surface area contributed by atoms with Crippen LogP contribution in [0.5, 0.6) is 0 Å². The van der Waals surface area contributed by atoms with Crippen LogP contribution in [-0.4, -0.2) is 69.0 Å². The number of halogens is 2. The standard InChI is InChI=1S/C15H21Cl2N3O4S2/c16-13-4-5-14(17)15(12-13)25(21,22)18-8-10-20(11-9-18)26(23,24)19-6-2-1-3-7-19/h4-5,12H,1-3,6-11H2. The van der Waals surface area contributed by atoms with E-state index in [1.54, 1.807) is 0 Å². The third-order valence-electron chi connectivity index (χ3n) is 4.68. The highest BCUT2D eigenvalue weighted by atomic mass is 35.5. The number of hydrogen-bond donors (Lipinski definition) is 0. The van der Waals surface area contributed by atoms with E-state index in [-0.39, 0.29) is 41.1 Å². The minimum absolute atomic E-state index is 0.0565. The molecule has 0 aromatic heterocycles. The van der Waals surface area contributed by atoms with Gasteiger partial charge in [0.25, 0.3) is 10.2 Å². The first-order chi connectivity index (χ1) is 12.2. The van der Waals surface area contributed by atoms with Gasteiger partial charge >= 0.3 is 0 Å². The lowest BCUT2D eigenvalue weighted by Gasteiger charge is -2.37. The summed E-state index contributed by atoms with van der Waals surface area (Å²) in [5, 5.41) is 0.372. The van der Waals surface area contributed by atoms with Crippen LogP contribution >= 0.6 is 23.2 Å². The molecule has 0 radical (unpaired) electrons. The monoisotopic (exact) mass is 441 g/mol. The zero-order valence-electron chi connectivity index (χ0n) is 14.1. The van der Waals surface area contributed by atoms with Gasteiger partial charge in [-0.25, -0.2) is 8.42 Å². The van der Waals surface area contributed by atoms with Crippen molar-refractivity contribution in [3.8, 4) is 0 Å². The highest BCUT2D eigenvalue weighted by Gasteiger charge is 2.36. The topological polar surface area (TPSA) is 78.0 Å². The minimum atomic E-state index is -3.83. The summed E-state index contributed by atoms with van der Waals surface area (Å²) in [6.45, 7) is 1.46. The normalized spacial score (nSPS) is 21.8. The van der Waals surface area contributed by atoms with E-state index in [1.807, 2.05) is 0 Å². The fourth-order valence-electron chi connectivity index (χ4n) is 3.21. The van der Waals surface area contributed by atoms with Gasteiger partial charge in [0, 0.05) is 44.3 Å². The molecule has 26 heavy (non-hydrogen) atoms. The SMILES string of the molecule is O=S(=O)(c1cc(Cl)ccc1Cl)N1CCN(S(=O)(=O)N2CCCCC2)CC1. The number of rotatable bonds is 4. The molecule has 0 atom stereocenters. The molecule has 2 aliphatic rings. The summed E-state index contributed by atoms with van der Waals surface area (Å²) < 4.78 is 55.2. The van der Waals surface area contributed by atoms with Crippen molar-refractivity contribution >= 4 is 43.4 Å². The number of nitrogens with zero attached hydrogens (tertiary/aromatic N) is 3. The number of hydrogen-bond acceptors (Lipinski definition) is 4. The van der Waals surface area contributed by atoms with E-state index in [4.69, 9.17) is 23.2 Å². The van der Waals surface area contributed by atoms with Gasteiger partial charge in [0.2, 0.25) is 10.0 Å². The van der Waals surface area contributed by atoms with Crippen LogP contribution in [0, 0.1) is 0 Å². The number of piperidine rings is 1. The van der Waals surface area contributed by atoms with E-state index < -0.39 is 20.2 Å². The Balaban J connectivity index is 1.72. The molecule has 2 aliphatic heterocycles. The van der Waals surface area contributed by atoms with Gasteiger partial charge in [-0.1, -0.05) is 29.6 Å². The molecule has 1 aromatic carbocycles. The van der Waals surface area contributed by atoms with E-state index in [0.717, 1.165) is 19.3 Å². The molecule has 146 valence electrons. The molecule has 0 saturated carbocycles. The van der Waals surface area contributed by atoms with Crippen molar-refractivity contribution < 1.29 is 16.8 Å². The molecule has 0 amide bonds. The van der Waals surface area contributed by atoms with Crippen LogP contribution in [-0.2, 0) is 20.2 Å². The second-order valence-electron chi connectivity index (χ2n) is 6.35. The van der Waals surface area contributed by atoms with E-state index in [0.29, 0.717) is 13.1 Å². The van der Waals surface area contributed by atoms with Gasteiger partial charge in [-0.05, 0) is 31.0 Å². The first-order valence-corrected chi connectivity index (χ1v) is 12.0. The molecule has 3 rings (SSSR count). The molecule has 2 saturated heterocycles. The molecule has 7 nitrogen and oxygen atoms in total. The molecule has 0 spiro atoms. The summed E-state index contributed by atoms with van der Waals surface area (Å²) in [6, 6.07) is 4.27. The number of sulfonamides is 1. The minimum Gasteiger partial charge on any atom is -0.207 e. The average molecular weight is 442 g/mol. The molecule has 0 N–H and O–H groups in total. The van der Waals surface area contributed by atoms with Crippen LogP contribution in [0.25, 0.3) is 0 Å². The van der Waals surface area contributed by atoms with Gasteiger partial charge in [0.05, 0.1) is 5.02 Å². The van der Waals surface area contributed by atoms with Crippen molar-refractivity contribution in [2.24, 2.45) is 0 Å². The molecule has 2 fully saturated rings. The maximum Gasteiger partial charge on any atom is 0.282 e. The second-order valence-corrected chi connectivity index (χ2v) is 11.0. The Bertz CT molecular complexity index is 863. The third kappa shape index (κ3) is 4.04. The highest BCUT2D eigenvalue weighted by Crippen LogP contribution is 2.29. The zero-order chi connectivity index (χ0) is 18.9. The van der Waals surface area contributed by atoms with Gasteiger partial charge in [-0.2, -0.15) is 21.3 Å². The third-order valence-corrected chi connectivity index (χ3v) is 9.33. The summed E-state index contributed by atoms with van der Waals surface area (Å²) in [4.78, 5) is -0.0565. The Morgan fingerprint density at radius 3 is 1.88 bits per heavy atom. The fourth-order valence-corrected chi connectivity index (χ4v) is 7.04. The van der Waals surface area contributed by atoms with Gasteiger partial charge in [0.1, 0.15) is 4.90 Å². The Morgan fingerprint density at radius 2 is 1.27 bits per heavy atom. The molecule has 0 bridgehead atoms. The average Bonchev–Trinajstić information content (AvgIpc) is 2.64. The van der Waals surface area contributed by atoms with Gasteiger partial charge in [0.15, 0.2) is 0 Å². The Labute approximate surface area is 164 Å². The van der Waals surface area contributed by atoms with Crippen molar-refractivity contribution in [3.63, 3.8) is 0 Å². The van der Waals surface area contributed by atoms with E-state index in [1.165, 1.54) is 31.1 Å². The van der Waals surface area contributed by atoms with Crippen molar-refractivity contribution in [2.45, 2.75) is 24.2 Å². The maximum atomic E-state index is 12.8. The first kappa shape index (κ1) is 20.3. The predicted octanol–water partition coefficient (Wildman–Crippen LogP) is 2.03. The lowest BCUT2D eigenvalue weighted by Crippen LogP contribution is -2.54. The van der Waals surface area contributed by atoms with Gasteiger partial charge in [-0.15, -0.1) is 0 Å². The van der Waals surface area contributed by atoms with E-state index >= 15 is 0 Å². The summed E-state index contributed by atoms with van der Waals surface area (Å²) in [5.41, 5.74) is 0. The Hall–Kier alpha value is -0.420. The summed E-state index contributed by atoms with van der Waals surface area (Å²) in [5.74, 6) is 0. The van der Waals surface area contributed by atoms with Crippen LogP contribution < -0.4 is 0 Å². The molecular formula is C15H21Cl2N3O4S2. The van der Waals surface area contributed by atoms with Crippen LogP contribution in [0.1, 0.15) is 19.3 Å². The highest BCUT2D eigenvalue weighted by molar-refractivity contribution is 7.89. The first-order valence-electron chi connectivity index (χ1n) is 8.43. The second kappa shape index (κ2) is 7.90. The lowest BCUT2D eigenvalue weighted by molar-refractivity contribution is 0.245. The van der Waals surface area contributed by atoms with Crippen LogP contribution in [0.2, 0.25) is 10.0 Å².